The Morgan fingerprint density at radius 2 is 1.91 bits per heavy atom. The van der Waals surface area contributed by atoms with Crippen LogP contribution < -0.4 is 5.32 Å². The number of aromatic nitrogens is 2. The van der Waals surface area contributed by atoms with Crippen LogP contribution >= 0.6 is 0 Å². The zero-order chi connectivity index (χ0) is 16.2. The maximum Gasteiger partial charge on any atom is 0.435 e. The van der Waals surface area contributed by atoms with Gasteiger partial charge in [0.05, 0.1) is 12.3 Å². The number of rotatable bonds is 6. The number of alkyl halides is 3. The maximum absolute atomic E-state index is 12.5. The van der Waals surface area contributed by atoms with Gasteiger partial charge >= 0.3 is 6.18 Å². The Morgan fingerprint density at radius 3 is 2.41 bits per heavy atom. The summed E-state index contributed by atoms with van der Waals surface area (Å²) in [5, 5.41) is 15.8. The van der Waals surface area contributed by atoms with E-state index in [1.807, 2.05) is 19.1 Å². The van der Waals surface area contributed by atoms with Gasteiger partial charge in [0.25, 0.3) is 0 Å². The van der Waals surface area contributed by atoms with E-state index >= 15 is 0 Å². The summed E-state index contributed by atoms with van der Waals surface area (Å²) in [7, 11) is 0. The minimum absolute atomic E-state index is 0.0418. The van der Waals surface area contributed by atoms with E-state index in [2.05, 4.69) is 10.4 Å². The molecule has 4 nitrogen and oxygen atoms in total. The predicted molar refractivity (Wildman–Crippen MR) is 76.6 cm³/mol. The Hall–Kier alpha value is -1.86. The number of nitrogens with one attached hydrogen (secondary N) is 1. The standard InChI is InChI=1S/C15H18F3N3O/c1-2-12(10-22)19-9-11-3-5-13(6-4-11)21-8-7-14(20-21)15(16,17)18/h3-8,12,19,22H,2,9-10H2,1H3. The summed E-state index contributed by atoms with van der Waals surface area (Å²) >= 11 is 0. The number of benzene rings is 1. The maximum atomic E-state index is 12.5. The highest BCUT2D eigenvalue weighted by molar-refractivity contribution is 5.34. The van der Waals surface area contributed by atoms with Crippen molar-refractivity contribution in [3.05, 3.63) is 47.8 Å². The third-order valence-electron chi connectivity index (χ3n) is 3.39. The molecule has 2 rings (SSSR count). The molecule has 0 aliphatic heterocycles. The van der Waals surface area contributed by atoms with E-state index in [1.54, 1.807) is 12.1 Å². The Bertz CT molecular complexity index is 589. The second-order valence-electron chi connectivity index (χ2n) is 4.98. The van der Waals surface area contributed by atoms with Crippen molar-refractivity contribution in [2.75, 3.05) is 6.61 Å². The van der Waals surface area contributed by atoms with Gasteiger partial charge in [-0.05, 0) is 30.2 Å². The van der Waals surface area contributed by atoms with Crippen molar-refractivity contribution < 1.29 is 18.3 Å². The molecule has 0 fully saturated rings. The van der Waals surface area contributed by atoms with E-state index in [0.29, 0.717) is 12.2 Å². The van der Waals surface area contributed by atoms with Crippen molar-refractivity contribution in [3.8, 4) is 5.69 Å². The number of hydrogen-bond acceptors (Lipinski definition) is 3. The van der Waals surface area contributed by atoms with Gasteiger partial charge in [-0.25, -0.2) is 4.68 Å². The van der Waals surface area contributed by atoms with E-state index in [-0.39, 0.29) is 12.6 Å². The van der Waals surface area contributed by atoms with Gasteiger partial charge in [0, 0.05) is 18.8 Å². The number of halogens is 3. The number of aliphatic hydroxyl groups is 1. The van der Waals surface area contributed by atoms with E-state index in [0.717, 1.165) is 18.1 Å². The Labute approximate surface area is 126 Å². The van der Waals surface area contributed by atoms with Gasteiger partial charge in [-0.15, -0.1) is 0 Å². The zero-order valence-corrected chi connectivity index (χ0v) is 12.1. The second kappa shape index (κ2) is 6.93. The number of nitrogens with zero attached hydrogens (tertiary/aromatic N) is 2. The minimum Gasteiger partial charge on any atom is -0.395 e. The van der Waals surface area contributed by atoms with Gasteiger partial charge < -0.3 is 10.4 Å². The fourth-order valence-electron chi connectivity index (χ4n) is 1.99. The quantitative estimate of drug-likeness (QED) is 0.862. The summed E-state index contributed by atoms with van der Waals surface area (Å²) in [6.45, 7) is 2.64. The zero-order valence-electron chi connectivity index (χ0n) is 12.1. The molecule has 0 saturated carbocycles. The Kier molecular flexibility index (Phi) is 5.20. The van der Waals surface area contributed by atoms with Crippen molar-refractivity contribution in [2.24, 2.45) is 0 Å². The highest BCUT2D eigenvalue weighted by Gasteiger charge is 2.33. The van der Waals surface area contributed by atoms with Crippen molar-refractivity contribution in [3.63, 3.8) is 0 Å². The molecule has 1 unspecified atom stereocenters. The summed E-state index contributed by atoms with van der Waals surface area (Å²) in [4.78, 5) is 0. The normalized spacial score (nSPS) is 13.3. The molecule has 2 aromatic rings. The first-order valence-corrected chi connectivity index (χ1v) is 7.00. The van der Waals surface area contributed by atoms with Gasteiger partial charge in [-0.1, -0.05) is 19.1 Å². The van der Waals surface area contributed by atoms with Crippen LogP contribution in [0.1, 0.15) is 24.6 Å². The van der Waals surface area contributed by atoms with Crippen LogP contribution in [0.3, 0.4) is 0 Å². The summed E-state index contributed by atoms with van der Waals surface area (Å²) < 4.78 is 38.8. The highest BCUT2D eigenvalue weighted by Crippen LogP contribution is 2.27. The van der Waals surface area contributed by atoms with Crippen LogP contribution in [0.25, 0.3) is 5.69 Å². The minimum atomic E-state index is -4.44. The average molecular weight is 313 g/mol. The van der Waals surface area contributed by atoms with Gasteiger partial charge in [0.1, 0.15) is 0 Å². The van der Waals surface area contributed by atoms with Crippen LogP contribution in [-0.2, 0) is 12.7 Å². The average Bonchev–Trinajstić information content (AvgIpc) is 2.99. The summed E-state index contributed by atoms with van der Waals surface area (Å²) in [5.74, 6) is 0. The fourth-order valence-corrected chi connectivity index (χ4v) is 1.99. The highest BCUT2D eigenvalue weighted by atomic mass is 19.4. The monoisotopic (exact) mass is 313 g/mol. The molecule has 120 valence electrons. The number of hydrogen-bond donors (Lipinski definition) is 2. The first-order valence-electron chi connectivity index (χ1n) is 7.00. The van der Waals surface area contributed by atoms with Crippen molar-refractivity contribution in [1.82, 2.24) is 15.1 Å². The smallest absolute Gasteiger partial charge is 0.395 e. The molecule has 1 heterocycles. The van der Waals surface area contributed by atoms with Crippen molar-refractivity contribution in [1.29, 1.82) is 0 Å². The molecule has 1 atom stereocenters. The SMILES string of the molecule is CCC(CO)NCc1ccc(-n2ccc(C(F)(F)F)n2)cc1. The first-order chi connectivity index (χ1) is 10.4. The van der Waals surface area contributed by atoms with E-state index in [1.165, 1.54) is 10.9 Å². The lowest BCUT2D eigenvalue weighted by molar-refractivity contribution is -0.141. The van der Waals surface area contributed by atoms with Crippen LogP contribution in [-0.4, -0.2) is 27.5 Å². The van der Waals surface area contributed by atoms with Crippen LogP contribution in [0.4, 0.5) is 13.2 Å². The summed E-state index contributed by atoms with van der Waals surface area (Å²) in [6.07, 6.45) is -2.33. The van der Waals surface area contributed by atoms with Crippen molar-refractivity contribution >= 4 is 0 Å². The van der Waals surface area contributed by atoms with Gasteiger partial charge in [0.2, 0.25) is 0 Å². The topological polar surface area (TPSA) is 50.1 Å². The van der Waals surface area contributed by atoms with E-state index < -0.39 is 11.9 Å². The van der Waals surface area contributed by atoms with E-state index in [4.69, 9.17) is 5.11 Å². The molecule has 0 amide bonds. The number of aliphatic hydroxyl groups excluding tert-OH is 1. The largest absolute Gasteiger partial charge is 0.435 e. The Balaban J connectivity index is 2.04. The van der Waals surface area contributed by atoms with Crippen LogP contribution in [0.2, 0.25) is 0 Å². The third kappa shape index (κ3) is 4.08. The molecule has 0 aliphatic carbocycles. The van der Waals surface area contributed by atoms with Gasteiger partial charge in [-0.3, -0.25) is 0 Å². The van der Waals surface area contributed by atoms with Gasteiger partial charge in [-0.2, -0.15) is 18.3 Å². The molecule has 0 spiro atoms. The summed E-state index contributed by atoms with van der Waals surface area (Å²) in [5.41, 5.74) is 0.638. The van der Waals surface area contributed by atoms with Gasteiger partial charge in [0.15, 0.2) is 5.69 Å². The molecule has 22 heavy (non-hydrogen) atoms. The molecule has 7 heteroatoms. The fraction of sp³-hybridized carbons (Fsp3) is 0.400. The first kappa shape index (κ1) is 16.5. The lowest BCUT2D eigenvalue weighted by Crippen LogP contribution is -2.31. The third-order valence-corrected chi connectivity index (χ3v) is 3.39. The van der Waals surface area contributed by atoms with Crippen LogP contribution in [0.15, 0.2) is 36.5 Å². The predicted octanol–water partition coefficient (Wildman–Crippen LogP) is 2.75. The molecular formula is C15H18F3N3O. The molecule has 0 saturated heterocycles. The molecular weight excluding hydrogens is 295 g/mol. The lowest BCUT2D eigenvalue weighted by atomic mass is 10.2. The molecule has 0 bridgehead atoms. The van der Waals surface area contributed by atoms with Crippen LogP contribution in [0, 0.1) is 0 Å². The molecule has 0 radical (unpaired) electrons. The lowest BCUT2D eigenvalue weighted by Gasteiger charge is -2.14. The molecule has 0 aliphatic rings. The second-order valence-corrected chi connectivity index (χ2v) is 4.98. The van der Waals surface area contributed by atoms with Crippen molar-refractivity contribution in [2.45, 2.75) is 32.1 Å². The Morgan fingerprint density at radius 1 is 1.23 bits per heavy atom. The van der Waals surface area contributed by atoms with E-state index in [9.17, 15) is 13.2 Å². The molecule has 1 aromatic carbocycles. The molecule has 2 N–H and O–H groups in total. The van der Waals surface area contributed by atoms with Crippen LogP contribution in [0.5, 0.6) is 0 Å². The molecule has 1 aromatic heterocycles. The summed E-state index contributed by atoms with van der Waals surface area (Å²) in [6, 6.07) is 8.06.